The maximum absolute atomic E-state index is 4.64. The molecular weight excluding hydrogens is 280 g/mol. The second kappa shape index (κ2) is 4.68. The zero-order valence-corrected chi connectivity index (χ0v) is 12.5. The molecule has 2 aromatic heterocycles. The second-order valence-electron chi connectivity index (χ2n) is 5.81. The molecule has 5 aromatic rings. The molecule has 0 spiro atoms. The van der Waals surface area contributed by atoms with E-state index in [1.54, 1.807) is 0 Å². The molecule has 0 radical (unpaired) electrons. The highest BCUT2D eigenvalue weighted by atomic mass is 14.7. The summed E-state index contributed by atoms with van der Waals surface area (Å²) in [6.45, 7) is 0. The van der Waals surface area contributed by atoms with Crippen LogP contribution in [0, 0.1) is 0 Å². The third-order valence-electron chi connectivity index (χ3n) is 4.45. The van der Waals surface area contributed by atoms with Crippen molar-refractivity contribution in [2.75, 3.05) is 0 Å². The molecule has 23 heavy (non-hydrogen) atoms. The quantitative estimate of drug-likeness (QED) is 0.432. The number of nitrogens with zero attached hydrogens (tertiary/aromatic N) is 1. The highest BCUT2D eigenvalue weighted by molar-refractivity contribution is 6.09. The van der Waals surface area contributed by atoms with E-state index in [1.165, 1.54) is 27.1 Å². The Bertz CT molecular complexity index is 1160. The fraction of sp³-hybridized carbons (Fsp3) is 0. The van der Waals surface area contributed by atoms with Gasteiger partial charge in [0, 0.05) is 39.0 Å². The van der Waals surface area contributed by atoms with Gasteiger partial charge >= 0.3 is 0 Å². The van der Waals surface area contributed by atoms with Gasteiger partial charge in [0.05, 0.1) is 5.69 Å². The number of para-hydroxylation sites is 1. The summed E-state index contributed by atoms with van der Waals surface area (Å²) in [6.07, 6.45) is 1.89. The van der Waals surface area contributed by atoms with E-state index in [-0.39, 0.29) is 0 Å². The van der Waals surface area contributed by atoms with Gasteiger partial charge in [-0.05, 0) is 29.7 Å². The van der Waals surface area contributed by atoms with Crippen molar-refractivity contribution in [1.29, 1.82) is 0 Å². The summed E-state index contributed by atoms with van der Waals surface area (Å²) in [6, 6.07) is 25.4. The summed E-state index contributed by atoms with van der Waals surface area (Å²) < 4.78 is 0. The van der Waals surface area contributed by atoms with Gasteiger partial charge in [-0.3, -0.25) is 4.98 Å². The fourth-order valence-electron chi connectivity index (χ4n) is 3.35. The molecule has 3 aromatic carbocycles. The van der Waals surface area contributed by atoms with Crippen LogP contribution < -0.4 is 0 Å². The summed E-state index contributed by atoms with van der Waals surface area (Å²) in [4.78, 5) is 8.11. The lowest BCUT2D eigenvalue weighted by atomic mass is 10.0. The topological polar surface area (TPSA) is 28.7 Å². The van der Waals surface area contributed by atoms with Crippen molar-refractivity contribution in [3.63, 3.8) is 0 Å². The number of aromatic nitrogens is 2. The molecule has 2 heteroatoms. The van der Waals surface area contributed by atoms with E-state index in [9.17, 15) is 0 Å². The average Bonchev–Trinajstić information content (AvgIpc) is 2.99. The minimum atomic E-state index is 1.04. The molecule has 0 aliphatic rings. The van der Waals surface area contributed by atoms with Gasteiger partial charge in [-0.1, -0.05) is 48.5 Å². The maximum Gasteiger partial charge on any atom is 0.0780 e. The molecule has 0 atom stereocenters. The van der Waals surface area contributed by atoms with Crippen molar-refractivity contribution in [2.45, 2.75) is 0 Å². The Morgan fingerprint density at radius 3 is 2.39 bits per heavy atom. The molecule has 0 aliphatic carbocycles. The molecule has 0 saturated heterocycles. The van der Waals surface area contributed by atoms with Gasteiger partial charge in [0.2, 0.25) is 0 Å². The van der Waals surface area contributed by atoms with Crippen molar-refractivity contribution >= 4 is 32.6 Å². The first-order valence-corrected chi connectivity index (χ1v) is 7.75. The number of H-pyrrole nitrogens is 1. The predicted molar refractivity (Wildman–Crippen MR) is 96.5 cm³/mol. The van der Waals surface area contributed by atoms with Gasteiger partial charge in [0.15, 0.2) is 0 Å². The molecule has 0 saturated carbocycles. The summed E-state index contributed by atoms with van der Waals surface area (Å²) in [5, 5.41) is 4.91. The van der Waals surface area contributed by atoms with Gasteiger partial charge in [-0.2, -0.15) is 0 Å². The van der Waals surface area contributed by atoms with Crippen LogP contribution in [0.5, 0.6) is 0 Å². The van der Waals surface area contributed by atoms with E-state index < -0.39 is 0 Å². The molecule has 2 nitrogen and oxygen atoms in total. The van der Waals surface area contributed by atoms with Gasteiger partial charge in [-0.15, -0.1) is 0 Å². The van der Waals surface area contributed by atoms with Crippen LogP contribution in [0.2, 0.25) is 0 Å². The van der Waals surface area contributed by atoms with Crippen molar-refractivity contribution in [3.8, 4) is 11.3 Å². The minimum absolute atomic E-state index is 1.04. The Hall–Kier alpha value is -3.13. The zero-order valence-electron chi connectivity index (χ0n) is 12.5. The number of pyridine rings is 1. The van der Waals surface area contributed by atoms with Crippen molar-refractivity contribution < 1.29 is 0 Å². The lowest BCUT2D eigenvalue weighted by Crippen LogP contribution is -1.85. The van der Waals surface area contributed by atoms with E-state index in [2.05, 4.69) is 82.8 Å². The number of fused-ring (bicyclic) bond motifs is 4. The minimum Gasteiger partial charge on any atom is -0.355 e. The third-order valence-corrected chi connectivity index (χ3v) is 4.45. The van der Waals surface area contributed by atoms with Crippen LogP contribution in [0.3, 0.4) is 0 Å². The van der Waals surface area contributed by atoms with Crippen LogP contribution in [0.4, 0.5) is 0 Å². The molecule has 0 unspecified atom stereocenters. The lowest BCUT2D eigenvalue weighted by Gasteiger charge is -2.06. The van der Waals surface area contributed by atoms with E-state index >= 15 is 0 Å². The second-order valence-corrected chi connectivity index (χ2v) is 5.81. The van der Waals surface area contributed by atoms with E-state index in [0.717, 1.165) is 16.8 Å². The molecule has 0 aliphatic heterocycles. The van der Waals surface area contributed by atoms with Crippen molar-refractivity contribution in [2.24, 2.45) is 0 Å². The highest BCUT2D eigenvalue weighted by Gasteiger charge is 2.08. The molecular formula is C21H14N2. The Balaban J connectivity index is 1.84. The molecule has 0 amide bonds. The SMILES string of the molecule is c1ccc2c(-c3ccc4[nH]c5ccccc5c4c3)nccc2c1. The Kier molecular flexibility index (Phi) is 2.53. The van der Waals surface area contributed by atoms with Gasteiger partial charge in [0.1, 0.15) is 0 Å². The van der Waals surface area contributed by atoms with Gasteiger partial charge < -0.3 is 4.98 Å². The Morgan fingerprint density at radius 2 is 1.43 bits per heavy atom. The van der Waals surface area contributed by atoms with Crippen molar-refractivity contribution in [3.05, 3.63) is 79.0 Å². The summed E-state index contributed by atoms with van der Waals surface area (Å²) in [7, 11) is 0. The van der Waals surface area contributed by atoms with Crippen molar-refractivity contribution in [1.82, 2.24) is 9.97 Å². The fourth-order valence-corrected chi connectivity index (χ4v) is 3.35. The van der Waals surface area contributed by atoms with E-state index in [1.807, 2.05) is 6.20 Å². The first kappa shape index (κ1) is 12.4. The highest BCUT2D eigenvalue weighted by Crippen LogP contribution is 2.32. The number of nitrogens with one attached hydrogen (secondary N) is 1. The molecule has 0 bridgehead atoms. The van der Waals surface area contributed by atoms with Gasteiger partial charge in [0.25, 0.3) is 0 Å². The number of rotatable bonds is 1. The smallest absolute Gasteiger partial charge is 0.0780 e. The summed E-state index contributed by atoms with van der Waals surface area (Å²) in [5.41, 5.74) is 4.52. The van der Waals surface area contributed by atoms with E-state index in [4.69, 9.17) is 0 Å². The lowest BCUT2D eigenvalue weighted by molar-refractivity contribution is 1.36. The maximum atomic E-state index is 4.64. The molecule has 0 fully saturated rings. The number of benzene rings is 3. The molecule has 1 N–H and O–H groups in total. The number of aromatic amines is 1. The molecule has 2 heterocycles. The number of hydrogen-bond acceptors (Lipinski definition) is 1. The Labute approximate surface area is 133 Å². The van der Waals surface area contributed by atoms with E-state index in [0.29, 0.717) is 0 Å². The van der Waals surface area contributed by atoms with Gasteiger partial charge in [-0.25, -0.2) is 0 Å². The molecule has 108 valence electrons. The van der Waals surface area contributed by atoms with Crippen LogP contribution in [0.25, 0.3) is 43.8 Å². The first-order valence-electron chi connectivity index (χ1n) is 7.75. The van der Waals surface area contributed by atoms with Crippen LogP contribution in [-0.4, -0.2) is 9.97 Å². The standard InChI is InChI=1S/C21H14N2/c1-2-6-16-14(5-1)11-12-22-21(16)15-9-10-20-18(13-15)17-7-3-4-8-19(17)23-20/h1-13,23H. The van der Waals surface area contributed by atoms with Crippen LogP contribution in [0.1, 0.15) is 0 Å². The predicted octanol–water partition coefficient (Wildman–Crippen LogP) is 5.54. The summed E-state index contributed by atoms with van der Waals surface area (Å²) in [5.74, 6) is 0. The summed E-state index contributed by atoms with van der Waals surface area (Å²) >= 11 is 0. The van der Waals surface area contributed by atoms with Crippen LogP contribution in [0.15, 0.2) is 79.0 Å². The first-order chi connectivity index (χ1) is 11.4. The zero-order chi connectivity index (χ0) is 15.2. The largest absolute Gasteiger partial charge is 0.355 e. The van der Waals surface area contributed by atoms with Crippen LogP contribution in [-0.2, 0) is 0 Å². The third kappa shape index (κ3) is 1.85. The molecule has 5 rings (SSSR count). The monoisotopic (exact) mass is 294 g/mol. The van der Waals surface area contributed by atoms with Crippen LogP contribution >= 0.6 is 0 Å². The number of hydrogen-bond donors (Lipinski definition) is 1. The average molecular weight is 294 g/mol. The normalized spacial score (nSPS) is 11.5. The Morgan fingerprint density at radius 1 is 0.652 bits per heavy atom.